The highest BCUT2D eigenvalue weighted by Gasteiger charge is 2.56. The summed E-state index contributed by atoms with van der Waals surface area (Å²) in [6.07, 6.45) is 2.26. The fourth-order valence-corrected chi connectivity index (χ4v) is 8.09. The number of aromatic nitrogens is 3. The van der Waals surface area contributed by atoms with Gasteiger partial charge in [-0.1, -0.05) is 24.3 Å². The van der Waals surface area contributed by atoms with Crippen LogP contribution in [-0.2, 0) is 34.8 Å². The number of pyridine rings is 1. The van der Waals surface area contributed by atoms with Gasteiger partial charge in [-0.15, -0.1) is 0 Å². The Morgan fingerprint density at radius 3 is 1.81 bits per heavy atom. The fourth-order valence-electron chi connectivity index (χ4n) is 7.57. The number of halogens is 1. The molecule has 0 unspecified atom stereocenters. The zero-order valence-corrected chi connectivity index (χ0v) is 39.7. The molecule has 0 N–H and O–H groups in total. The number of ether oxygens (including phenoxy) is 6. The summed E-state index contributed by atoms with van der Waals surface area (Å²) in [7, 11) is 0. The lowest BCUT2D eigenvalue weighted by atomic mass is 10.0. The van der Waals surface area contributed by atoms with Crippen molar-refractivity contribution in [3.8, 4) is 0 Å². The number of imide groups is 2. The lowest BCUT2D eigenvalue weighted by molar-refractivity contribution is -0.155. The molecule has 3 aromatic rings. The second kappa shape index (κ2) is 16.7. The van der Waals surface area contributed by atoms with Gasteiger partial charge in [-0.05, 0) is 143 Å². The molecule has 2 aromatic heterocycles. The van der Waals surface area contributed by atoms with Crippen molar-refractivity contribution in [2.45, 2.75) is 156 Å². The summed E-state index contributed by atoms with van der Waals surface area (Å²) >= 11 is 3.52. The topological polar surface area (TPSA) is 172 Å². The van der Waals surface area contributed by atoms with Crippen molar-refractivity contribution >= 4 is 74.7 Å². The third-order valence-electron chi connectivity index (χ3n) is 9.69. The Hall–Kier alpha value is -4.87. The van der Waals surface area contributed by atoms with Crippen LogP contribution in [0.1, 0.15) is 114 Å². The first-order chi connectivity index (χ1) is 28.5. The van der Waals surface area contributed by atoms with Gasteiger partial charge in [-0.3, -0.25) is 0 Å². The molecule has 336 valence electrons. The highest BCUT2D eigenvalue weighted by atomic mass is 79.9. The first-order valence-corrected chi connectivity index (χ1v) is 21.6. The molecule has 1 saturated carbocycles. The Morgan fingerprint density at radius 1 is 0.758 bits per heavy atom. The summed E-state index contributed by atoms with van der Waals surface area (Å²) in [4.78, 5) is 71.8. The van der Waals surface area contributed by atoms with Gasteiger partial charge < -0.3 is 33.3 Å². The summed E-state index contributed by atoms with van der Waals surface area (Å²) in [5.74, 6) is -0.217. The first kappa shape index (κ1) is 46.6. The Kier molecular flexibility index (Phi) is 12.5. The van der Waals surface area contributed by atoms with Crippen molar-refractivity contribution in [3.63, 3.8) is 0 Å². The summed E-state index contributed by atoms with van der Waals surface area (Å²) in [5, 5.41) is 0.771. The van der Waals surface area contributed by atoms with Crippen LogP contribution >= 0.6 is 15.9 Å². The monoisotopic (exact) mass is 922 g/mol. The molecule has 3 aliphatic rings. The van der Waals surface area contributed by atoms with E-state index in [9.17, 15) is 19.2 Å². The number of nitrogens with zero attached hydrogens (tertiary/aromatic N) is 6. The van der Waals surface area contributed by atoms with Gasteiger partial charge in [0.25, 0.3) is 0 Å². The molecule has 6 rings (SSSR count). The van der Waals surface area contributed by atoms with Crippen LogP contribution in [0.4, 0.5) is 36.6 Å². The number of fused-ring (bicyclic) bond motifs is 3. The predicted molar refractivity (Wildman–Crippen MR) is 237 cm³/mol. The number of carbonyl (C=O) groups is 4. The number of carbonyl (C=O) groups excluding carboxylic acids is 4. The van der Waals surface area contributed by atoms with E-state index in [0.717, 1.165) is 20.7 Å². The molecule has 1 saturated heterocycles. The number of benzene rings is 1. The third-order valence-corrected chi connectivity index (χ3v) is 10.3. The number of rotatable bonds is 5. The lowest BCUT2D eigenvalue weighted by Gasteiger charge is -2.31. The summed E-state index contributed by atoms with van der Waals surface area (Å²) in [5.41, 5.74) is -1.58. The molecule has 0 spiro atoms. The molecule has 62 heavy (non-hydrogen) atoms. The maximum absolute atomic E-state index is 13.6. The summed E-state index contributed by atoms with van der Waals surface area (Å²) in [6, 6.07) is 7.36. The van der Waals surface area contributed by atoms with Crippen LogP contribution in [0.5, 0.6) is 0 Å². The van der Waals surface area contributed by atoms with E-state index in [0.29, 0.717) is 40.8 Å². The van der Waals surface area contributed by atoms with Crippen LogP contribution in [0, 0.1) is 5.92 Å². The number of hydrogen-bond acceptors (Lipinski definition) is 14. The number of anilines is 3. The highest BCUT2D eigenvalue weighted by Crippen LogP contribution is 2.47. The number of amides is 4. The first-order valence-electron chi connectivity index (χ1n) is 20.8. The normalized spacial score (nSPS) is 21.1. The van der Waals surface area contributed by atoms with E-state index in [1.54, 1.807) is 89.2 Å². The molecular weight excluding hydrogens is 864 g/mol. The van der Waals surface area contributed by atoms with E-state index >= 15 is 0 Å². The minimum atomic E-state index is -0.922. The van der Waals surface area contributed by atoms with Crippen molar-refractivity contribution in [3.05, 3.63) is 52.3 Å². The zero-order valence-electron chi connectivity index (χ0n) is 38.1. The molecule has 4 heterocycles. The Bertz CT molecular complexity index is 2220. The second-order valence-corrected chi connectivity index (χ2v) is 21.0. The Labute approximate surface area is 371 Å². The van der Waals surface area contributed by atoms with E-state index in [1.807, 2.05) is 38.1 Å². The van der Waals surface area contributed by atoms with Crippen LogP contribution in [0.25, 0.3) is 17.0 Å². The van der Waals surface area contributed by atoms with Gasteiger partial charge in [0.2, 0.25) is 0 Å². The van der Waals surface area contributed by atoms with Crippen molar-refractivity contribution in [2.24, 2.45) is 5.92 Å². The molecule has 17 heteroatoms. The lowest BCUT2D eigenvalue weighted by Crippen LogP contribution is -2.44. The minimum Gasteiger partial charge on any atom is -0.443 e. The fraction of sp³-hybridized carbons (Fsp3) is 0.578. The van der Waals surface area contributed by atoms with E-state index in [2.05, 4.69) is 36.9 Å². The predicted octanol–water partition coefficient (Wildman–Crippen LogP) is 10.1. The molecule has 0 bridgehead atoms. The molecule has 2 aliphatic heterocycles. The molecule has 2 fully saturated rings. The van der Waals surface area contributed by atoms with Crippen LogP contribution in [0.3, 0.4) is 0 Å². The van der Waals surface area contributed by atoms with Gasteiger partial charge in [0.1, 0.15) is 40.7 Å². The Morgan fingerprint density at radius 2 is 1.27 bits per heavy atom. The zero-order chi connectivity index (χ0) is 45.9. The van der Waals surface area contributed by atoms with E-state index in [-0.39, 0.29) is 35.8 Å². The second-order valence-electron chi connectivity index (χ2n) is 20.2. The molecule has 4 atom stereocenters. The van der Waals surface area contributed by atoms with Crippen molar-refractivity contribution in [1.29, 1.82) is 0 Å². The van der Waals surface area contributed by atoms with E-state index in [1.165, 1.54) is 6.33 Å². The van der Waals surface area contributed by atoms with Crippen molar-refractivity contribution in [2.75, 3.05) is 21.2 Å². The van der Waals surface area contributed by atoms with Crippen LogP contribution in [-0.4, -0.2) is 92.3 Å². The van der Waals surface area contributed by atoms with E-state index < -0.39 is 52.6 Å². The molecule has 4 amide bonds. The maximum Gasteiger partial charge on any atom is 0.425 e. The van der Waals surface area contributed by atoms with Crippen LogP contribution < -0.4 is 14.7 Å². The van der Waals surface area contributed by atoms with Gasteiger partial charge in [-0.25, -0.2) is 34.1 Å². The molecule has 1 aromatic carbocycles. The smallest absolute Gasteiger partial charge is 0.425 e. The average molecular weight is 924 g/mol. The molecule has 0 radical (unpaired) electrons. The summed E-state index contributed by atoms with van der Waals surface area (Å²) < 4.78 is 36.0. The average Bonchev–Trinajstić information content (AvgIpc) is 3.75. The van der Waals surface area contributed by atoms with Gasteiger partial charge in [0, 0.05) is 23.4 Å². The van der Waals surface area contributed by atoms with Gasteiger partial charge in [0.15, 0.2) is 17.4 Å². The molecular formula is C45H59BrN6O10. The molecule has 16 nitrogen and oxygen atoms in total. The van der Waals surface area contributed by atoms with Crippen molar-refractivity contribution < 1.29 is 47.6 Å². The highest BCUT2D eigenvalue weighted by molar-refractivity contribution is 9.10. The van der Waals surface area contributed by atoms with Gasteiger partial charge in [-0.2, -0.15) is 9.80 Å². The van der Waals surface area contributed by atoms with Gasteiger partial charge >= 0.3 is 24.4 Å². The van der Waals surface area contributed by atoms with Gasteiger partial charge in [0.05, 0.1) is 22.1 Å². The summed E-state index contributed by atoms with van der Waals surface area (Å²) in [6.45, 7) is 24.9. The van der Waals surface area contributed by atoms with Crippen LogP contribution in [0.15, 0.2) is 41.1 Å². The standard InChI is InChI=1S/C45H59BrN6O10/c1-41(2,3)59-37(53)51(38(54)60-42(4,5)6)35-28-19-20-50(34(28)47-24-48-35)31-23-27(32-33(31)58-45(13,14)57-32)18-16-25-15-17-26-22-29(46)36(49-30(26)21-25)52(39(55)61-43(7,8)9)40(56)62-44(10,11)12/h15-18,21-22,24,27,31-33H,19-20,23H2,1-14H3/b18-16+/t27-,31+,32+,33-/m0/s1. The number of hydrogen-bond donors (Lipinski definition) is 0. The Balaban J connectivity index is 1.30. The van der Waals surface area contributed by atoms with Crippen molar-refractivity contribution in [1.82, 2.24) is 15.0 Å². The maximum atomic E-state index is 13.6. The van der Waals surface area contributed by atoms with Crippen LogP contribution in [0.2, 0.25) is 0 Å². The quantitative estimate of drug-likeness (QED) is 0.221. The third kappa shape index (κ3) is 10.8. The molecule has 1 aliphatic carbocycles. The van der Waals surface area contributed by atoms with E-state index in [4.69, 9.17) is 33.4 Å². The largest absolute Gasteiger partial charge is 0.443 e. The SMILES string of the molecule is CC(C)(C)OC(=O)N(C(=O)OC(C)(C)C)c1nc2cc(/C=C/[C@H]3C[C@@H](N4CCc5c(N(C(=O)OC(C)(C)C)C(=O)OC(C)(C)C)ncnc54)[C@@H]4OC(C)(C)O[C@@H]43)ccc2cc1Br. The minimum absolute atomic E-state index is 0.0283.